The first kappa shape index (κ1) is 18.5. The van der Waals surface area contributed by atoms with E-state index in [-0.39, 0.29) is 18.1 Å². The lowest BCUT2D eigenvalue weighted by Crippen LogP contribution is -2.52. The zero-order valence-corrected chi connectivity index (χ0v) is 16.6. The van der Waals surface area contributed by atoms with Gasteiger partial charge in [0.2, 0.25) is 5.91 Å². The van der Waals surface area contributed by atoms with Gasteiger partial charge in [0.25, 0.3) is 0 Å². The molecule has 2 aliphatic rings. The summed E-state index contributed by atoms with van der Waals surface area (Å²) in [5.74, 6) is 0.359. The van der Waals surface area contributed by atoms with E-state index in [4.69, 9.17) is 9.72 Å². The molecule has 0 radical (unpaired) electrons. The Labute approximate surface area is 164 Å². The quantitative estimate of drug-likeness (QED) is 0.812. The minimum absolute atomic E-state index is 0.0817. The van der Waals surface area contributed by atoms with E-state index in [2.05, 4.69) is 5.10 Å². The Balaban J connectivity index is 1.75. The van der Waals surface area contributed by atoms with Crippen LogP contribution < -0.4 is 9.80 Å². The zero-order valence-electron chi connectivity index (χ0n) is 16.6. The Morgan fingerprint density at radius 2 is 2.00 bits per heavy atom. The van der Waals surface area contributed by atoms with Crippen LogP contribution in [-0.2, 0) is 9.53 Å². The molecule has 1 aliphatic carbocycles. The summed E-state index contributed by atoms with van der Waals surface area (Å²) >= 11 is 0. The van der Waals surface area contributed by atoms with Crippen molar-refractivity contribution in [1.82, 2.24) is 14.8 Å². The molecule has 2 aromatic rings. The minimum Gasteiger partial charge on any atom is -0.446 e. The second-order valence-corrected chi connectivity index (χ2v) is 7.76. The van der Waals surface area contributed by atoms with Crippen molar-refractivity contribution in [3.63, 3.8) is 0 Å². The molecule has 1 atom stereocenters. The van der Waals surface area contributed by atoms with Gasteiger partial charge in [-0.25, -0.2) is 9.78 Å². The number of rotatable bonds is 3. The van der Waals surface area contributed by atoms with Crippen LogP contribution in [0.3, 0.4) is 0 Å². The van der Waals surface area contributed by atoms with Gasteiger partial charge in [0.1, 0.15) is 0 Å². The van der Waals surface area contributed by atoms with Crippen molar-refractivity contribution in [2.45, 2.75) is 58.7 Å². The van der Waals surface area contributed by atoms with Crippen LogP contribution in [0.2, 0.25) is 0 Å². The number of aromatic nitrogens is 3. The van der Waals surface area contributed by atoms with Gasteiger partial charge in [-0.2, -0.15) is 5.10 Å². The highest BCUT2D eigenvalue weighted by molar-refractivity contribution is 6.01. The molecule has 8 heteroatoms. The minimum atomic E-state index is -0.454. The van der Waals surface area contributed by atoms with E-state index >= 15 is 0 Å². The van der Waals surface area contributed by atoms with Crippen LogP contribution in [-0.4, -0.2) is 45.5 Å². The maximum atomic E-state index is 12.7. The third-order valence-corrected chi connectivity index (χ3v) is 4.97. The largest absolute Gasteiger partial charge is 0.446 e. The zero-order chi connectivity index (χ0) is 20.0. The lowest BCUT2D eigenvalue weighted by molar-refractivity contribution is -0.117. The Kier molecular flexibility index (Phi) is 4.56. The van der Waals surface area contributed by atoms with Crippen molar-refractivity contribution in [3.8, 4) is 11.3 Å². The van der Waals surface area contributed by atoms with Crippen LogP contribution in [0.1, 0.15) is 46.6 Å². The molecule has 28 heavy (non-hydrogen) atoms. The van der Waals surface area contributed by atoms with Crippen molar-refractivity contribution >= 4 is 23.5 Å². The number of fused-ring (bicyclic) bond motifs is 1. The van der Waals surface area contributed by atoms with Gasteiger partial charge in [-0.3, -0.25) is 14.4 Å². The standard InChI is InChI=1S/C20H25N5O3/c1-12(2)28-20(27)23-10-13(3)25(14(4)26)18-8-7-17(22-19(18)23)15-9-21-24(11-15)16-5-6-16/h7-9,11-13,16H,5-6,10H2,1-4H3/t13-/m0/s1. The highest BCUT2D eigenvalue weighted by Gasteiger charge is 2.36. The number of hydrogen-bond donors (Lipinski definition) is 0. The molecule has 0 bridgehead atoms. The van der Waals surface area contributed by atoms with Gasteiger partial charge in [-0.15, -0.1) is 0 Å². The molecule has 0 aromatic carbocycles. The fraction of sp³-hybridized carbons (Fsp3) is 0.500. The number of carbonyl (C=O) groups excluding carboxylic acids is 2. The fourth-order valence-electron chi connectivity index (χ4n) is 3.57. The number of hydrogen-bond acceptors (Lipinski definition) is 5. The highest BCUT2D eigenvalue weighted by Crippen LogP contribution is 2.38. The van der Waals surface area contributed by atoms with E-state index in [9.17, 15) is 9.59 Å². The lowest BCUT2D eigenvalue weighted by atomic mass is 10.1. The summed E-state index contributed by atoms with van der Waals surface area (Å²) in [5, 5.41) is 4.42. The van der Waals surface area contributed by atoms with Gasteiger partial charge < -0.3 is 9.64 Å². The highest BCUT2D eigenvalue weighted by atomic mass is 16.6. The summed E-state index contributed by atoms with van der Waals surface area (Å²) in [6.45, 7) is 7.38. The molecule has 1 aliphatic heterocycles. The van der Waals surface area contributed by atoms with E-state index in [1.807, 2.05) is 43.8 Å². The topological polar surface area (TPSA) is 80.6 Å². The van der Waals surface area contributed by atoms with Crippen LogP contribution in [0.4, 0.5) is 16.3 Å². The Bertz CT molecular complexity index is 918. The van der Waals surface area contributed by atoms with Crippen LogP contribution >= 0.6 is 0 Å². The second-order valence-electron chi connectivity index (χ2n) is 7.76. The molecule has 2 aromatic heterocycles. The molecule has 0 unspecified atom stereocenters. The van der Waals surface area contributed by atoms with E-state index in [1.54, 1.807) is 11.1 Å². The molecular formula is C20H25N5O3. The summed E-state index contributed by atoms with van der Waals surface area (Å²) in [7, 11) is 0. The van der Waals surface area contributed by atoms with Crippen LogP contribution in [0, 0.1) is 0 Å². The second kappa shape index (κ2) is 6.92. The van der Waals surface area contributed by atoms with Crippen molar-refractivity contribution in [2.24, 2.45) is 0 Å². The average Bonchev–Trinajstić information content (AvgIpc) is 3.36. The summed E-state index contributed by atoms with van der Waals surface area (Å²) < 4.78 is 7.37. The van der Waals surface area contributed by atoms with Crippen LogP contribution in [0.5, 0.6) is 0 Å². The van der Waals surface area contributed by atoms with Crippen molar-refractivity contribution in [2.75, 3.05) is 16.3 Å². The van der Waals surface area contributed by atoms with Gasteiger partial charge in [0, 0.05) is 18.7 Å². The molecule has 3 heterocycles. The SMILES string of the molecule is CC(=O)N1c2ccc(-c3cnn(C4CC4)c3)nc2N(C(=O)OC(C)C)C[C@@H]1C. The number of ether oxygens (including phenoxy) is 1. The Morgan fingerprint density at radius 3 is 2.64 bits per heavy atom. The third kappa shape index (κ3) is 3.34. The van der Waals surface area contributed by atoms with Gasteiger partial charge in [0.05, 0.1) is 42.3 Å². The summed E-state index contributed by atoms with van der Waals surface area (Å²) in [5.41, 5.74) is 2.22. The summed E-state index contributed by atoms with van der Waals surface area (Å²) in [4.78, 5) is 32.8. The van der Waals surface area contributed by atoms with E-state index < -0.39 is 6.09 Å². The number of nitrogens with zero attached hydrogens (tertiary/aromatic N) is 5. The first-order valence-electron chi connectivity index (χ1n) is 9.68. The fourth-order valence-corrected chi connectivity index (χ4v) is 3.57. The van der Waals surface area contributed by atoms with Crippen LogP contribution in [0.25, 0.3) is 11.3 Å². The number of anilines is 2. The van der Waals surface area contributed by atoms with Gasteiger partial charge in [-0.05, 0) is 45.7 Å². The summed E-state index contributed by atoms with van der Waals surface area (Å²) in [6, 6.07) is 4.03. The number of pyridine rings is 1. The van der Waals surface area contributed by atoms with E-state index in [0.717, 1.165) is 18.4 Å². The average molecular weight is 383 g/mol. The molecular weight excluding hydrogens is 358 g/mol. The maximum Gasteiger partial charge on any atom is 0.415 e. The molecule has 2 amide bonds. The van der Waals surface area contributed by atoms with E-state index in [0.29, 0.717) is 29.8 Å². The first-order valence-corrected chi connectivity index (χ1v) is 9.68. The Morgan fingerprint density at radius 1 is 1.25 bits per heavy atom. The van der Waals surface area contributed by atoms with E-state index in [1.165, 1.54) is 11.8 Å². The molecule has 8 nitrogen and oxygen atoms in total. The van der Waals surface area contributed by atoms with Crippen molar-refractivity contribution < 1.29 is 14.3 Å². The number of amides is 2. The Hall–Kier alpha value is -2.90. The molecule has 4 rings (SSSR count). The van der Waals surface area contributed by atoms with Gasteiger partial charge >= 0.3 is 6.09 Å². The van der Waals surface area contributed by atoms with Crippen molar-refractivity contribution in [1.29, 1.82) is 0 Å². The smallest absolute Gasteiger partial charge is 0.415 e. The first-order chi connectivity index (χ1) is 13.3. The normalized spacial score (nSPS) is 19.0. The van der Waals surface area contributed by atoms with Gasteiger partial charge in [-0.1, -0.05) is 0 Å². The molecule has 0 N–H and O–H groups in total. The summed E-state index contributed by atoms with van der Waals surface area (Å²) in [6.07, 6.45) is 5.38. The third-order valence-electron chi connectivity index (χ3n) is 4.97. The van der Waals surface area contributed by atoms with Gasteiger partial charge in [0.15, 0.2) is 5.82 Å². The lowest BCUT2D eigenvalue weighted by Gasteiger charge is -2.39. The predicted molar refractivity (Wildman–Crippen MR) is 105 cm³/mol. The maximum absolute atomic E-state index is 12.7. The molecule has 0 spiro atoms. The number of carbonyl (C=O) groups is 2. The van der Waals surface area contributed by atoms with Crippen molar-refractivity contribution in [3.05, 3.63) is 24.5 Å². The molecule has 148 valence electrons. The molecule has 0 saturated heterocycles. The molecule has 1 fully saturated rings. The van der Waals surface area contributed by atoms with Crippen LogP contribution in [0.15, 0.2) is 24.5 Å². The monoisotopic (exact) mass is 383 g/mol. The predicted octanol–water partition coefficient (Wildman–Crippen LogP) is 3.39. The molecule has 1 saturated carbocycles.